The van der Waals surface area contributed by atoms with Gasteiger partial charge >= 0.3 is 0 Å². The summed E-state index contributed by atoms with van der Waals surface area (Å²) >= 11 is 0. The SMILES string of the molecule is CCC(=O)C1(c2ccccc2F)CCCC1. The average molecular weight is 220 g/mol. The van der Waals surface area contributed by atoms with E-state index < -0.39 is 5.41 Å². The van der Waals surface area contributed by atoms with Gasteiger partial charge in [-0.2, -0.15) is 0 Å². The highest BCUT2D eigenvalue weighted by molar-refractivity contribution is 5.90. The molecule has 0 N–H and O–H groups in total. The van der Waals surface area contributed by atoms with E-state index in [2.05, 4.69) is 0 Å². The zero-order valence-corrected chi connectivity index (χ0v) is 9.63. The van der Waals surface area contributed by atoms with E-state index in [1.165, 1.54) is 6.07 Å². The third-order valence-corrected chi connectivity index (χ3v) is 3.70. The predicted molar refractivity (Wildman–Crippen MR) is 61.8 cm³/mol. The summed E-state index contributed by atoms with van der Waals surface area (Å²) in [7, 11) is 0. The van der Waals surface area contributed by atoms with Crippen molar-refractivity contribution >= 4 is 5.78 Å². The molecule has 2 rings (SSSR count). The maximum atomic E-state index is 13.8. The molecule has 0 bridgehead atoms. The highest BCUT2D eigenvalue weighted by Gasteiger charge is 2.42. The Morgan fingerprint density at radius 1 is 1.31 bits per heavy atom. The third kappa shape index (κ3) is 1.66. The number of Topliss-reactive ketones (excluding diaryl/α,β-unsaturated/α-hetero) is 1. The fourth-order valence-corrected chi connectivity index (χ4v) is 2.86. The van der Waals surface area contributed by atoms with Crippen molar-refractivity contribution in [3.8, 4) is 0 Å². The smallest absolute Gasteiger partial charge is 0.143 e. The summed E-state index contributed by atoms with van der Waals surface area (Å²) in [6, 6.07) is 6.73. The molecular weight excluding hydrogens is 203 g/mol. The first-order valence-electron chi connectivity index (χ1n) is 5.99. The maximum Gasteiger partial charge on any atom is 0.143 e. The zero-order chi connectivity index (χ0) is 11.6. The van der Waals surface area contributed by atoms with Gasteiger partial charge in [-0.3, -0.25) is 4.79 Å². The second kappa shape index (κ2) is 4.36. The molecule has 1 aromatic carbocycles. The lowest BCUT2D eigenvalue weighted by Crippen LogP contribution is -2.33. The molecule has 1 fully saturated rings. The van der Waals surface area contributed by atoms with E-state index in [0.717, 1.165) is 25.7 Å². The molecule has 0 amide bonds. The van der Waals surface area contributed by atoms with Gasteiger partial charge in [0.05, 0.1) is 5.41 Å². The summed E-state index contributed by atoms with van der Waals surface area (Å²) < 4.78 is 13.8. The first kappa shape index (κ1) is 11.3. The van der Waals surface area contributed by atoms with Gasteiger partial charge in [0, 0.05) is 12.0 Å². The molecule has 0 saturated heterocycles. The number of carbonyl (C=O) groups excluding carboxylic acids is 1. The molecule has 0 spiro atoms. The van der Waals surface area contributed by atoms with Crippen LogP contribution >= 0.6 is 0 Å². The van der Waals surface area contributed by atoms with Gasteiger partial charge in [0.15, 0.2) is 0 Å². The van der Waals surface area contributed by atoms with E-state index in [4.69, 9.17) is 0 Å². The number of halogens is 1. The van der Waals surface area contributed by atoms with Crippen LogP contribution in [-0.4, -0.2) is 5.78 Å². The predicted octanol–water partition coefficient (Wildman–Crippen LogP) is 3.62. The van der Waals surface area contributed by atoms with Crippen LogP contribution in [0.1, 0.15) is 44.6 Å². The van der Waals surface area contributed by atoms with Gasteiger partial charge in [-0.1, -0.05) is 38.0 Å². The molecular formula is C14H17FO. The van der Waals surface area contributed by atoms with E-state index >= 15 is 0 Å². The van der Waals surface area contributed by atoms with Crippen molar-refractivity contribution in [1.29, 1.82) is 0 Å². The Morgan fingerprint density at radius 2 is 1.94 bits per heavy atom. The molecule has 1 nitrogen and oxygen atoms in total. The van der Waals surface area contributed by atoms with Crippen molar-refractivity contribution in [3.05, 3.63) is 35.6 Å². The van der Waals surface area contributed by atoms with Gasteiger partial charge in [-0.15, -0.1) is 0 Å². The van der Waals surface area contributed by atoms with Crippen LogP contribution in [0.15, 0.2) is 24.3 Å². The molecule has 0 unspecified atom stereocenters. The van der Waals surface area contributed by atoms with E-state index in [1.54, 1.807) is 12.1 Å². The van der Waals surface area contributed by atoms with Gasteiger partial charge in [-0.05, 0) is 18.9 Å². The molecule has 0 aromatic heterocycles. The van der Waals surface area contributed by atoms with Crippen molar-refractivity contribution < 1.29 is 9.18 Å². The number of hydrogen-bond donors (Lipinski definition) is 0. The van der Waals surface area contributed by atoms with Gasteiger partial charge in [0.25, 0.3) is 0 Å². The minimum Gasteiger partial charge on any atom is -0.299 e. The summed E-state index contributed by atoms with van der Waals surface area (Å²) in [4.78, 5) is 12.1. The molecule has 0 aliphatic heterocycles. The molecule has 1 aromatic rings. The van der Waals surface area contributed by atoms with Crippen LogP contribution in [0.25, 0.3) is 0 Å². The van der Waals surface area contributed by atoms with Crippen molar-refractivity contribution in [2.75, 3.05) is 0 Å². The topological polar surface area (TPSA) is 17.1 Å². The van der Waals surface area contributed by atoms with Gasteiger partial charge in [0.1, 0.15) is 11.6 Å². The number of hydrogen-bond acceptors (Lipinski definition) is 1. The summed E-state index contributed by atoms with van der Waals surface area (Å²) in [6.07, 6.45) is 4.16. The Hall–Kier alpha value is -1.18. The molecule has 0 radical (unpaired) electrons. The van der Waals surface area contributed by atoms with Crippen LogP contribution in [0.3, 0.4) is 0 Å². The van der Waals surface area contributed by atoms with Crippen LogP contribution in [0, 0.1) is 5.82 Å². The van der Waals surface area contributed by atoms with Crippen LogP contribution in [0.4, 0.5) is 4.39 Å². The molecule has 2 heteroatoms. The van der Waals surface area contributed by atoms with Crippen LogP contribution < -0.4 is 0 Å². The van der Waals surface area contributed by atoms with E-state index in [9.17, 15) is 9.18 Å². The number of benzene rings is 1. The normalized spacial score (nSPS) is 18.6. The van der Waals surface area contributed by atoms with E-state index in [1.807, 2.05) is 13.0 Å². The lowest BCUT2D eigenvalue weighted by molar-refractivity contribution is -0.124. The Labute approximate surface area is 95.7 Å². The Morgan fingerprint density at radius 3 is 2.50 bits per heavy atom. The molecule has 1 aliphatic carbocycles. The second-order valence-corrected chi connectivity index (χ2v) is 4.55. The summed E-state index contributed by atoms with van der Waals surface area (Å²) in [5, 5.41) is 0. The van der Waals surface area contributed by atoms with Crippen LogP contribution in [-0.2, 0) is 10.2 Å². The molecule has 16 heavy (non-hydrogen) atoms. The van der Waals surface area contributed by atoms with Gasteiger partial charge in [-0.25, -0.2) is 4.39 Å². The Bertz CT molecular complexity index is 391. The maximum absolute atomic E-state index is 13.8. The molecule has 0 heterocycles. The Kier molecular flexibility index (Phi) is 3.08. The van der Waals surface area contributed by atoms with Crippen molar-refractivity contribution in [3.63, 3.8) is 0 Å². The summed E-state index contributed by atoms with van der Waals surface area (Å²) in [5.41, 5.74) is 0.0828. The fraction of sp³-hybridized carbons (Fsp3) is 0.500. The first-order chi connectivity index (χ1) is 7.70. The lowest BCUT2D eigenvalue weighted by Gasteiger charge is -2.28. The number of ketones is 1. The molecule has 86 valence electrons. The van der Waals surface area contributed by atoms with E-state index in [-0.39, 0.29) is 11.6 Å². The van der Waals surface area contributed by atoms with E-state index in [0.29, 0.717) is 12.0 Å². The summed E-state index contributed by atoms with van der Waals surface area (Å²) in [5.74, 6) is -0.0405. The number of rotatable bonds is 3. The van der Waals surface area contributed by atoms with Gasteiger partial charge in [0.2, 0.25) is 0 Å². The quantitative estimate of drug-likeness (QED) is 0.760. The second-order valence-electron chi connectivity index (χ2n) is 4.55. The molecule has 1 saturated carbocycles. The fourth-order valence-electron chi connectivity index (χ4n) is 2.86. The average Bonchev–Trinajstić information content (AvgIpc) is 2.79. The molecule has 0 atom stereocenters. The first-order valence-corrected chi connectivity index (χ1v) is 5.99. The number of carbonyl (C=O) groups is 1. The van der Waals surface area contributed by atoms with Crippen molar-refractivity contribution in [2.24, 2.45) is 0 Å². The Balaban J connectivity index is 2.48. The third-order valence-electron chi connectivity index (χ3n) is 3.70. The monoisotopic (exact) mass is 220 g/mol. The molecule has 1 aliphatic rings. The summed E-state index contributed by atoms with van der Waals surface area (Å²) in [6.45, 7) is 1.86. The minimum atomic E-state index is -0.528. The van der Waals surface area contributed by atoms with Crippen molar-refractivity contribution in [1.82, 2.24) is 0 Å². The largest absolute Gasteiger partial charge is 0.299 e. The highest BCUT2D eigenvalue weighted by Crippen LogP contribution is 2.43. The standard InChI is InChI=1S/C14H17FO/c1-2-13(16)14(9-5-6-10-14)11-7-3-4-8-12(11)15/h3-4,7-8H,2,5-6,9-10H2,1H3. The highest BCUT2D eigenvalue weighted by atomic mass is 19.1. The lowest BCUT2D eigenvalue weighted by atomic mass is 9.74. The van der Waals surface area contributed by atoms with Crippen molar-refractivity contribution in [2.45, 2.75) is 44.4 Å². The van der Waals surface area contributed by atoms with Crippen LogP contribution in [0.5, 0.6) is 0 Å². The zero-order valence-electron chi connectivity index (χ0n) is 9.63. The van der Waals surface area contributed by atoms with Crippen LogP contribution in [0.2, 0.25) is 0 Å². The van der Waals surface area contributed by atoms with Gasteiger partial charge < -0.3 is 0 Å². The minimum absolute atomic E-state index is 0.190.